The van der Waals surface area contributed by atoms with Gasteiger partial charge >= 0.3 is 0 Å². The predicted octanol–water partition coefficient (Wildman–Crippen LogP) is 5.38. The fraction of sp³-hybridized carbons (Fsp3) is 0.300. The van der Waals surface area contributed by atoms with Crippen LogP contribution in [0.25, 0.3) is 0 Å². The van der Waals surface area contributed by atoms with Gasteiger partial charge in [-0.1, -0.05) is 60.7 Å². The molecule has 3 heteroatoms. The molecule has 0 aliphatic carbocycles. The lowest BCUT2D eigenvalue weighted by atomic mass is 9.96. The normalized spacial score (nSPS) is 15.7. The highest BCUT2D eigenvalue weighted by Gasteiger charge is 2.38. The van der Waals surface area contributed by atoms with E-state index in [1.807, 2.05) is 36.4 Å². The lowest BCUT2D eigenvalue weighted by Crippen LogP contribution is -2.27. The fourth-order valence-corrected chi connectivity index (χ4v) is 4.55. The van der Waals surface area contributed by atoms with Gasteiger partial charge in [-0.2, -0.15) is 10.5 Å². The van der Waals surface area contributed by atoms with E-state index in [1.54, 1.807) is 11.8 Å². The minimum absolute atomic E-state index is 0.364. The van der Waals surface area contributed by atoms with Crippen LogP contribution in [0, 0.1) is 22.7 Å². The Balaban J connectivity index is 2.44. The third-order valence-electron chi connectivity index (χ3n) is 4.05. The highest BCUT2D eigenvalue weighted by atomic mass is 32.2. The van der Waals surface area contributed by atoms with Gasteiger partial charge < -0.3 is 0 Å². The minimum Gasteiger partial charge on any atom is -0.198 e. The molecule has 0 spiro atoms. The maximum atomic E-state index is 9.33. The van der Waals surface area contributed by atoms with Crippen LogP contribution in [0.5, 0.6) is 0 Å². The van der Waals surface area contributed by atoms with E-state index in [0.717, 1.165) is 11.1 Å². The molecule has 0 heterocycles. The molecular formula is C20H20N2S. The van der Waals surface area contributed by atoms with E-state index in [9.17, 15) is 10.5 Å². The second-order valence-corrected chi connectivity index (χ2v) is 7.97. The summed E-state index contributed by atoms with van der Waals surface area (Å²) >= 11 is 1.70. The molecule has 0 aliphatic heterocycles. The maximum absolute atomic E-state index is 9.33. The Bertz CT molecular complexity index is 651. The average Bonchev–Trinajstić information content (AvgIpc) is 2.57. The summed E-state index contributed by atoms with van der Waals surface area (Å²) < 4.78 is -0.727. The van der Waals surface area contributed by atoms with E-state index in [2.05, 4.69) is 50.3 Å². The lowest BCUT2D eigenvalue weighted by Gasteiger charge is -2.37. The van der Waals surface area contributed by atoms with Crippen LogP contribution in [0.3, 0.4) is 0 Å². The molecule has 0 fully saturated rings. The zero-order valence-electron chi connectivity index (χ0n) is 13.5. The molecule has 23 heavy (non-hydrogen) atoms. The summed E-state index contributed by atoms with van der Waals surface area (Å²) in [5.41, 5.74) is 2.23. The van der Waals surface area contributed by atoms with Crippen molar-refractivity contribution in [1.82, 2.24) is 0 Å². The molecular weight excluding hydrogens is 300 g/mol. The number of hydrogen-bond acceptors (Lipinski definition) is 3. The van der Waals surface area contributed by atoms with Gasteiger partial charge in [-0.15, -0.1) is 11.8 Å². The van der Waals surface area contributed by atoms with Crippen LogP contribution in [0.15, 0.2) is 60.7 Å². The number of nitriles is 2. The maximum Gasteiger partial charge on any atom is 0.0639 e. The standard InChI is InChI=1S/C20H20N2S/c1-19(13-15-21,17-9-5-3-6-10-17)23-20(2,14-16-22)18-11-7-4-8-12-18/h3-12H,13-14H2,1-2H3. The number of rotatable bonds is 6. The number of hydrogen-bond donors (Lipinski definition) is 0. The molecule has 2 rings (SSSR count). The van der Waals surface area contributed by atoms with Crippen molar-refractivity contribution in [1.29, 1.82) is 10.5 Å². The summed E-state index contributed by atoms with van der Waals surface area (Å²) in [6.45, 7) is 4.18. The molecule has 2 unspecified atom stereocenters. The minimum atomic E-state index is -0.364. The fourth-order valence-electron chi connectivity index (χ4n) is 2.77. The number of benzene rings is 2. The van der Waals surface area contributed by atoms with E-state index in [4.69, 9.17) is 0 Å². The van der Waals surface area contributed by atoms with Crippen molar-refractivity contribution >= 4 is 11.8 Å². The van der Waals surface area contributed by atoms with Crippen molar-refractivity contribution in [2.45, 2.75) is 36.2 Å². The Labute approximate surface area is 142 Å². The van der Waals surface area contributed by atoms with Crippen LogP contribution in [-0.4, -0.2) is 0 Å². The van der Waals surface area contributed by atoms with Crippen LogP contribution < -0.4 is 0 Å². The molecule has 0 aliphatic rings. The molecule has 2 nitrogen and oxygen atoms in total. The van der Waals surface area contributed by atoms with Crippen molar-refractivity contribution < 1.29 is 0 Å². The summed E-state index contributed by atoms with van der Waals surface area (Å²) in [6.07, 6.45) is 0.797. The molecule has 0 radical (unpaired) electrons. The first-order chi connectivity index (χ1) is 11.0. The van der Waals surface area contributed by atoms with Crippen LogP contribution in [0.4, 0.5) is 0 Å². The summed E-state index contributed by atoms with van der Waals surface area (Å²) in [6, 6.07) is 24.8. The topological polar surface area (TPSA) is 47.6 Å². The van der Waals surface area contributed by atoms with E-state index in [1.165, 1.54) is 0 Å². The lowest BCUT2D eigenvalue weighted by molar-refractivity contribution is 0.652. The number of nitrogens with zero attached hydrogens (tertiary/aromatic N) is 2. The Hall–Kier alpha value is -2.23. The largest absolute Gasteiger partial charge is 0.198 e. The van der Waals surface area contributed by atoms with Gasteiger partial charge in [0.25, 0.3) is 0 Å². The van der Waals surface area contributed by atoms with Crippen LogP contribution in [0.2, 0.25) is 0 Å². The molecule has 2 atom stereocenters. The zero-order chi connectivity index (χ0) is 16.8. The van der Waals surface area contributed by atoms with Crippen molar-refractivity contribution in [3.05, 3.63) is 71.8 Å². The van der Waals surface area contributed by atoms with Crippen molar-refractivity contribution in [3.63, 3.8) is 0 Å². The molecule has 2 aromatic carbocycles. The first-order valence-corrected chi connectivity index (χ1v) is 8.41. The summed E-state index contributed by atoms with van der Waals surface area (Å²) in [5, 5.41) is 18.7. The zero-order valence-corrected chi connectivity index (χ0v) is 14.3. The molecule has 0 saturated heterocycles. The van der Waals surface area contributed by atoms with Gasteiger partial charge in [0.2, 0.25) is 0 Å². The molecule has 0 amide bonds. The average molecular weight is 320 g/mol. The van der Waals surface area contributed by atoms with E-state index in [-0.39, 0.29) is 9.49 Å². The van der Waals surface area contributed by atoms with Gasteiger partial charge in [0.15, 0.2) is 0 Å². The molecule has 0 aromatic heterocycles. The van der Waals surface area contributed by atoms with E-state index >= 15 is 0 Å². The second-order valence-electron chi connectivity index (χ2n) is 5.97. The second kappa shape index (κ2) is 7.36. The van der Waals surface area contributed by atoms with Gasteiger partial charge in [0, 0.05) is 0 Å². The van der Waals surface area contributed by atoms with Gasteiger partial charge in [0.1, 0.15) is 0 Å². The monoisotopic (exact) mass is 320 g/mol. The molecule has 0 N–H and O–H groups in total. The highest BCUT2D eigenvalue weighted by molar-refractivity contribution is 8.01. The van der Waals surface area contributed by atoms with Crippen LogP contribution in [0.1, 0.15) is 37.8 Å². The van der Waals surface area contributed by atoms with Gasteiger partial charge in [-0.25, -0.2) is 0 Å². The van der Waals surface area contributed by atoms with E-state index in [0.29, 0.717) is 12.8 Å². The summed E-state index contributed by atoms with van der Waals surface area (Å²) in [7, 11) is 0. The van der Waals surface area contributed by atoms with Crippen LogP contribution >= 0.6 is 11.8 Å². The van der Waals surface area contributed by atoms with Crippen LogP contribution in [-0.2, 0) is 9.49 Å². The summed E-state index contributed by atoms with van der Waals surface area (Å²) in [4.78, 5) is 0. The molecule has 0 saturated carbocycles. The third-order valence-corrected chi connectivity index (χ3v) is 5.71. The first-order valence-electron chi connectivity index (χ1n) is 7.59. The van der Waals surface area contributed by atoms with Gasteiger partial charge in [0.05, 0.1) is 34.5 Å². The first kappa shape index (κ1) is 17.1. The van der Waals surface area contributed by atoms with Gasteiger partial charge in [-0.3, -0.25) is 0 Å². The Morgan fingerprint density at radius 2 is 1.09 bits per heavy atom. The molecule has 0 bridgehead atoms. The third kappa shape index (κ3) is 3.95. The number of thioether (sulfide) groups is 1. The predicted molar refractivity (Wildman–Crippen MR) is 95.6 cm³/mol. The molecule has 116 valence electrons. The highest BCUT2D eigenvalue weighted by Crippen LogP contribution is 2.52. The van der Waals surface area contributed by atoms with Crippen molar-refractivity contribution in [2.24, 2.45) is 0 Å². The molecule has 2 aromatic rings. The van der Waals surface area contributed by atoms with Crippen molar-refractivity contribution in [3.8, 4) is 12.1 Å². The van der Waals surface area contributed by atoms with Gasteiger partial charge in [-0.05, 0) is 25.0 Å². The Morgan fingerprint density at radius 1 is 0.739 bits per heavy atom. The smallest absolute Gasteiger partial charge is 0.0639 e. The summed E-state index contributed by atoms with van der Waals surface area (Å²) in [5.74, 6) is 0. The SMILES string of the molecule is CC(CC#N)(SC(C)(CC#N)c1ccccc1)c1ccccc1. The van der Waals surface area contributed by atoms with E-state index < -0.39 is 0 Å². The quantitative estimate of drug-likeness (QED) is 0.718. The Kier molecular flexibility index (Phi) is 5.48. The van der Waals surface area contributed by atoms with Crippen molar-refractivity contribution in [2.75, 3.05) is 0 Å². The Morgan fingerprint density at radius 3 is 1.39 bits per heavy atom.